The van der Waals surface area contributed by atoms with Gasteiger partial charge < -0.3 is 0 Å². The van der Waals surface area contributed by atoms with Gasteiger partial charge >= 0.3 is 0 Å². The van der Waals surface area contributed by atoms with E-state index >= 15 is 0 Å². The molecular formula is C97H112N4+4. The molecule has 12 aromatic rings. The van der Waals surface area contributed by atoms with E-state index in [1.165, 1.54) is 176 Å². The summed E-state index contributed by atoms with van der Waals surface area (Å²) in [5, 5.41) is 0. The lowest BCUT2D eigenvalue weighted by Crippen LogP contribution is -2.32. The monoisotopic (exact) mass is 1330 g/mol. The number of hydrogen-bond acceptors (Lipinski definition) is 0. The highest BCUT2D eigenvalue weighted by Crippen LogP contribution is 2.38. The molecule has 4 heterocycles. The van der Waals surface area contributed by atoms with E-state index in [2.05, 4.69) is 393 Å². The van der Waals surface area contributed by atoms with Gasteiger partial charge in [0.15, 0.2) is 24.8 Å². The number of nitrogens with zero attached hydrogens (tertiary/aromatic N) is 4. The predicted octanol–water partition coefficient (Wildman–Crippen LogP) is 23.4. The zero-order valence-corrected chi connectivity index (χ0v) is 64.4. The van der Waals surface area contributed by atoms with E-state index in [4.69, 9.17) is 0 Å². The first-order valence-corrected chi connectivity index (χ1v) is 36.9. The molecule has 0 N–H and O–H groups in total. The van der Waals surface area contributed by atoms with Crippen molar-refractivity contribution in [3.8, 4) is 89.5 Å². The molecule has 4 aromatic heterocycles. The van der Waals surface area contributed by atoms with E-state index in [-0.39, 0.29) is 0 Å². The summed E-state index contributed by atoms with van der Waals surface area (Å²) in [5.41, 5.74) is 37.5. The summed E-state index contributed by atoms with van der Waals surface area (Å²) in [5.74, 6) is 1.97. The van der Waals surface area contributed by atoms with Crippen molar-refractivity contribution in [2.24, 2.45) is 39.5 Å². The van der Waals surface area contributed by atoms with Gasteiger partial charge in [0, 0.05) is 68.8 Å². The Hall–Kier alpha value is -9.64. The van der Waals surface area contributed by atoms with Crippen LogP contribution < -0.4 is 18.3 Å². The number of aryl methyl sites for hydroxylation is 12. The van der Waals surface area contributed by atoms with Gasteiger partial charge in [-0.3, -0.25) is 0 Å². The molecule has 4 heteroatoms. The Bertz CT molecular complexity index is 4790. The molecule has 1 fully saturated rings. The molecule has 0 spiro atoms. The zero-order chi connectivity index (χ0) is 72.2. The van der Waals surface area contributed by atoms with Crippen LogP contribution in [-0.2, 0) is 41.0 Å². The Morgan fingerprint density at radius 1 is 0.327 bits per heavy atom. The molecule has 13 rings (SSSR count). The third-order valence-electron chi connectivity index (χ3n) is 20.5. The molecule has 4 nitrogen and oxygen atoms in total. The molecule has 0 saturated heterocycles. The SMILES string of the molecule is Cc1cc(-c2cc(-c3ccccc3)ccc2C)[n+](C)cc1CC(C)(C)C.Cc1cc(-c2cc(-c3ccccc3)ccc2C)[n+](C)cc1CC(C)C.Cc1ccc(-c2ccccc2)cc1-c1cc(C)c(C(C)C)c[n+]1C.Cc1ccc(-c2ccccc2)cc1-c1cc(C)c(C2CCCC2)c[n+]1C. The molecule has 0 aliphatic heterocycles. The summed E-state index contributed by atoms with van der Waals surface area (Å²) >= 11 is 0. The first-order valence-electron chi connectivity index (χ1n) is 36.9. The van der Waals surface area contributed by atoms with E-state index in [0.29, 0.717) is 17.3 Å². The van der Waals surface area contributed by atoms with Crippen LogP contribution in [0.5, 0.6) is 0 Å². The van der Waals surface area contributed by atoms with Crippen LogP contribution in [0.25, 0.3) is 89.5 Å². The predicted molar refractivity (Wildman–Crippen MR) is 429 cm³/mol. The van der Waals surface area contributed by atoms with Gasteiger partial charge in [0.1, 0.15) is 28.2 Å². The van der Waals surface area contributed by atoms with Gasteiger partial charge in [-0.25, -0.2) is 18.3 Å². The van der Waals surface area contributed by atoms with Crippen molar-refractivity contribution >= 4 is 0 Å². The minimum absolute atomic E-state index is 0.294. The average molecular weight is 1330 g/mol. The van der Waals surface area contributed by atoms with Crippen LogP contribution in [0.4, 0.5) is 0 Å². The molecule has 0 atom stereocenters. The van der Waals surface area contributed by atoms with E-state index in [9.17, 15) is 0 Å². The summed E-state index contributed by atoms with van der Waals surface area (Å²) in [7, 11) is 8.67. The van der Waals surface area contributed by atoms with E-state index in [1.807, 2.05) is 0 Å². The van der Waals surface area contributed by atoms with Gasteiger partial charge in [0.2, 0.25) is 22.8 Å². The summed E-state index contributed by atoms with van der Waals surface area (Å²) < 4.78 is 9.16. The van der Waals surface area contributed by atoms with E-state index in [1.54, 1.807) is 5.56 Å². The fraction of sp³-hybridized carbons (Fsp3) is 0.299. The summed E-state index contributed by atoms with van der Waals surface area (Å²) in [6.07, 6.45) is 17.0. The number of aromatic nitrogens is 4. The van der Waals surface area contributed by atoms with Crippen molar-refractivity contribution in [1.82, 2.24) is 0 Å². The molecule has 0 amide bonds. The Kier molecular flexibility index (Phi) is 24.4. The van der Waals surface area contributed by atoms with Crippen molar-refractivity contribution in [2.45, 2.75) is 154 Å². The minimum Gasteiger partial charge on any atom is -0.201 e. The summed E-state index contributed by atoms with van der Waals surface area (Å²) in [6.45, 7) is 33.7. The normalized spacial score (nSPS) is 12.2. The zero-order valence-electron chi connectivity index (χ0n) is 64.4. The number of benzene rings is 8. The van der Waals surface area contributed by atoms with Crippen LogP contribution in [0, 0.1) is 66.7 Å². The molecular weight excluding hydrogens is 1220 g/mol. The number of hydrogen-bond donors (Lipinski definition) is 0. The van der Waals surface area contributed by atoms with E-state index in [0.717, 1.165) is 18.8 Å². The van der Waals surface area contributed by atoms with Gasteiger partial charge in [-0.15, -0.1) is 0 Å². The summed E-state index contributed by atoms with van der Waals surface area (Å²) in [6, 6.07) is 79.0. The molecule has 0 radical (unpaired) electrons. The maximum Gasteiger partial charge on any atom is 0.212 e. The lowest BCUT2D eigenvalue weighted by atomic mass is 9.86. The Morgan fingerprint density at radius 2 is 0.634 bits per heavy atom. The quantitative estimate of drug-likeness (QED) is 0.102. The van der Waals surface area contributed by atoms with Crippen LogP contribution in [0.15, 0.2) is 243 Å². The fourth-order valence-corrected chi connectivity index (χ4v) is 14.7. The van der Waals surface area contributed by atoms with Gasteiger partial charge in [-0.05, 0) is 218 Å². The second kappa shape index (κ2) is 33.2. The van der Waals surface area contributed by atoms with E-state index < -0.39 is 0 Å². The molecule has 101 heavy (non-hydrogen) atoms. The number of rotatable bonds is 13. The van der Waals surface area contributed by atoms with Gasteiger partial charge in [-0.1, -0.05) is 231 Å². The highest BCUT2D eigenvalue weighted by Gasteiger charge is 2.26. The Labute approximate surface area is 607 Å². The largest absolute Gasteiger partial charge is 0.212 e. The van der Waals surface area contributed by atoms with Crippen molar-refractivity contribution < 1.29 is 18.3 Å². The Balaban J connectivity index is 0.000000145. The molecule has 0 unspecified atom stereocenters. The first kappa shape index (κ1) is 74.1. The number of pyridine rings is 4. The van der Waals surface area contributed by atoms with Crippen LogP contribution >= 0.6 is 0 Å². The third-order valence-corrected chi connectivity index (χ3v) is 20.5. The smallest absolute Gasteiger partial charge is 0.201 e. The lowest BCUT2D eigenvalue weighted by Gasteiger charge is -2.19. The fourth-order valence-electron chi connectivity index (χ4n) is 14.7. The third kappa shape index (κ3) is 18.7. The average Bonchev–Trinajstić information content (AvgIpc) is 0.986. The maximum absolute atomic E-state index is 2.39. The summed E-state index contributed by atoms with van der Waals surface area (Å²) in [4.78, 5) is 0. The van der Waals surface area contributed by atoms with Crippen molar-refractivity contribution in [3.63, 3.8) is 0 Å². The molecule has 1 aliphatic carbocycles. The molecule has 516 valence electrons. The van der Waals surface area contributed by atoms with Crippen molar-refractivity contribution in [1.29, 1.82) is 0 Å². The Morgan fingerprint density at radius 3 is 0.970 bits per heavy atom. The van der Waals surface area contributed by atoms with Crippen molar-refractivity contribution in [2.75, 3.05) is 0 Å². The van der Waals surface area contributed by atoms with Gasteiger partial charge in [0.05, 0.1) is 0 Å². The molecule has 0 bridgehead atoms. The lowest BCUT2D eigenvalue weighted by molar-refractivity contribution is -0.661. The molecule has 1 aliphatic rings. The van der Waals surface area contributed by atoms with Gasteiger partial charge in [-0.2, -0.15) is 0 Å². The first-order chi connectivity index (χ1) is 48.3. The molecule has 8 aromatic carbocycles. The molecule has 1 saturated carbocycles. The topological polar surface area (TPSA) is 15.5 Å². The van der Waals surface area contributed by atoms with Crippen LogP contribution in [-0.4, -0.2) is 0 Å². The van der Waals surface area contributed by atoms with Crippen LogP contribution in [0.2, 0.25) is 0 Å². The van der Waals surface area contributed by atoms with Crippen LogP contribution in [0.3, 0.4) is 0 Å². The second-order valence-electron chi connectivity index (χ2n) is 30.8. The maximum atomic E-state index is 2.39. The standard InChI is InChI=1S/C25H28N.C25H30N.C24H28N.C23H26N/c1-18-13-14-22(20-9-5-4-6-10-20)16-23(18)25-15-19(2)24(17-26(25)3)21-11-7-8-12-21;1-18-12-13-21(20-10-8-7-9-11-20)15-23(18)24-14-19(2)22(17-26(24)6)16-25(3,4)5;1-17(2)13-22-16-25(5)24(14-19(22)4)23-15-21(12-11-18(23)3)20-9-7-6-8-10-20;1-16(2)22-15-24(5)23(13-18(22)4)21-14-20(12-11-17(21)3)19-9-7-6-8-10-19/h4-6,9-10,13-17,21H,7-8,11-12H2,1-3H3;7-15,17H,16H2,1-6H3;6-12,14-17H,13H2,1-5H3;6-16H,1-5H3/q4*+1. The van der Waals surface area contributed by atoms with Crippen molar-refractivity contribution in [3.05, 3.63) is 310 Å². The van der Waals surface area contributed by atoms with Gasteiger partial charge in [0.25, 0.3) is 0 Å². The second-order valence-corrected chi connectivity index (χ2v) is 30.8. The highest BCUT2D eigenvalue weighted by atomic mass is 14.9. The minimum atomic E-state index is 0.294. The highest BCUT2D eigenvalue weighted by molar-refractivity contribution is 5.77. The van der Waals surface area contributed by atoms with Crippen LogP contribution in [0.1, 0.15) is 153 Å².